The molecule has 5 nitrogen and oxygen atoms in total. The van der Waals surface area contributed by atoms with Gasteiger partial charge in [-0.15, -0.1) is 0 Å². The van der Waals surface area contributed by atoms with E-state index in [1.54, 1.807) is 13.8 Å². The van der Waals surface area contributed by atoms with Crippen LogP contribution in [0.4, 0.5) is 5.69 Å². The first-order chi connectivity index (χ1) is 11.8. The molecule has 0 aromatic heterocycles. The van der Waals surface area contributed by atoms with Gasteiger partial charge in [0, 0.05) is 5.69 Å². The molecule has 5 heteroatoms. The average Bonchev–Trinajstić information content (AvgIpc) is 2.99. The zero-order chi connectivity index (χ0) is 18.6. The van der Waals surface area contributed by atoms with E-state index in [0.717, 1.165) is 5.69 Å². The minimum absolute atomic E-state index is 0.0463. The first-order valence-electron chi connectivity index (χ1n) is 9.01. The van der Waals surface area contributed by atoms with Gasteiger partial charge in [0.05, 0.1) is 13.2 Å². The lowest BCUT2D eigenvalue weighted by molar-refractivity contribution is -0.145. The van der Waals surface area contributed by atoms with Gasteiger partial charge in [-0.3, -0.25) is 0 Å². The Morgan fingerprint density at radius 3 is 1.76 bits per heavy atom. The van der Waals surface area contributed by atoms with Crippen LogP contribution in [-0.2, 0) is 24.5 Å². The van der Waals surface area contributed by atoms with Gasteiger partial charge in [-0.25, -0.2) is 9.59 Å². The molecule has 1 saturated heterocycles. The molecule has 0 spiro atoms. The molecule has 1 heterocycles. The maximum Gasteiger partial charge on any atom is 0.328 e. The number of hydrogen-bond donors (Lipinski definition) is 0. The molecule has 1 aliphatic rings. The smallest absolute Gasteiger partial charge is 0.328 e. The van der Waals surface area contributed by atoms with E-state index in [-0.39, 0.29) is 17.4 Å². The topological polar surface area (TPSA) is 55.8 Å². The van der Waals surface area contributed by atoms with Crippen molar-refractivity contribution >= 4 is 17.6 Å². The van der Waals surface area contributed by atoms with Crippen molar-refractivity contribution in [1.82, 2.24) is 0 Å². The number of anilines is 1. The molecular weight excluding hydrogens is 318 g/mol. The molecular formula is C20H29NO4. The Hall–Kier alpha value is -2.04. The Kier molecular flexibility index (Phi) is 6.09. The lowest BCUT2D eigenvalue weighted by atomic mass is 9.87. The van der Waals surface area contributed by atoms with Gasteiger partial charge < -0.3 is 14.4 Å². The highest BCUT2D eigenvalue weighted by molar-refractivity contribution is 5.88. The maximum atomic E-state index is 12.4. The van der Waals surface area contributed by atoms with E-state index in [0.29, 0.717) is 26.1 Å². The van der Waals surface area contributed by atoms with E-state index in [2.05, 4.69) is 32.9 Å². The van der Waals surface area contributed by atoms with Crippen molar-refractivity contribution in [3.63, 3.8) is 0 Å². The number of carbonyl (C=O) groups is 2. The van der Waals surface area contributed by atoms with Crippen LogP contribution in [0.15, 0.2) is 24.3 Å². The van der Waals surface area contributed by atoms with Crippen molar-refractivity contribution in [2.24, 2.45) is 0 Å². The minimum Gasteiger partial charge on any atom is -0.464 e. The quantitative estimate of drug-likeness (QED) is 0.764. The number of rotatable bonds is 5. The molecule has 1 aromatic carbocycles. The summed E-state index contributed by atoms with van der Waals surface area (Å²) in [4.78, 5) is 26.6. The normalized spacial score (nSPS) is 20.4. The van der Waals surface area contributed by atoms with Gasteiger partial charge >= 0.3 is 11.9 Å². The third-order valence-corrected chi connectivity index (χ3v) is 4.53. The molecule has 2 atom stereocenters. The fourth-order valence-electron chi connectivity index (χ4n) is 3.24. The molecule has 2 unspecified atom stereocenters. The molecule has 0 saturated carbocycles. The van der Waals surface area contributed by atoms with Gasteiger partial charge in [0.25, 0.3) is 0 Å². The fraction of sp³-hybridized carbons (Fsp3) is 0.600. The predicted molar refractivity (Wildman–Crippen MR) is 97.7 cm³/mol. The average molecular weight is 347 g/mol. The number of nitrogens with zero attached hydrogens (tertiary/aromatic N) is 1. The molecule has 0 aliphatic carbocycles. The Morgan fingerprint density at radius 1 is 0.960 bits per heavy atom. The Balaban J connectivity index is 2.34. The Labute approximate surface area is 150 Å². The first-order valence-corrected chi connectivity index (χ1v) is 9.01. The second kappa shape index (κ2) is 7.89. The first kappa shape index (κ1) is 19.3. The zero-order valence-electron chi connectivity index (χ0n) is 15.9. The number of hydrogen-bond acceptors (Lipinski definition) is 5. The van der Waals surface area contributed by atoms with Gasteiger partial charge in [-0.1, -0.05) is 32.9 Å². The van der Waals surface area contributed by atoms with E-state index < -0.39 is 12.1 Å². The molecule has 2 rings (SSSR count). The molecule has 0 radical (unpaired) electrons. The molecule has 1 aliphatic heterocycles. The van der Waals surface area contributed by atoms with Crippen LogP contribution in [0.2, 0.25) is 0 Å². The molecule has 0 bridgehead atoms. The van der Waals surface area contributed by atoms with E-state index in [9.17, 15) is 9.59 Å². The van der Waals surface area contributed by atoms with Crippen LogP contribution < -0.4 is 4.90 Å². The standard InChI is InChI=1S/C20H29NO4/c1-6-24-18(22)16-12-13-17(19(23)25-7-2)21(16)15-10-8-14(9-11-15)20(3,4)5/h8-11,16-17H,6-7,12-13H2,1-5H3. The number of carbonyl (C=O) groups excluding carboxylic acids is 2. The van der Waals surface area contributed by atoms with Gasteiger partial charge in [0.2, 0.25) is 0 Å². The highest BCUT2D eigenvalue weighted by Gasteiger charge is 2.43. The molecule has 138 valence electrons. The van der Waals surface area contributed by atoms with Gasteiger partial charge in [0.15, 0.2) is 0 Å². The number of esters is 2. The summed E-state index contributed by atoms with van der Waals surface area (Å²) in [6, 6.07) is 7.16. The minimum atomic E-state index is -0.449. The van der Waals surface area contributed by atoms with E-state index >= 15 is 0 Å². The number of benzene rings is 1. The molecule has 0 amide bonds. The molecule has 1 aromatic rings. The van der Waals surface area contributed by atoms with Crippen molar-refractivity contribution in [3.05, 3.63) is 29.8 Å². The Morgan fingerprint density at radius 2 is 1.40 bits per heavy atom. The molecule has 25 heavy (non-hydrogen) atoms. The van der Waals surface area contributed by atoms with Gasteiger partial charge in [-0.05, 0) is 49.8 Å². The van der Waals surface area contributed by atoms with Crippen molar-refractivity contribution < 1.29 is 19.1 Å². The largest absolute Gasteiger partial charge is 0.464 e. The summed E-state index contributed by atoms with van der Waals surface area (Å²) < 4.78 is 10.4. The van der Waals surface area contributed by atoms with Crippen molar-refractivity contribution in [2.75, 3.05) is 18.1 Å². The van der Waals surface area contributed by atoms with Crippen molar-refractivity contribution in [2.45, 2.75) is 65.0 Å². The van der Waals surface area contributed by atoms with Crippen LogP contribution in [0, 0.1) is 0 Å². The van der Waals surface area contributed by atoms with E-state index in [1.165, 1.54) is 5.56 Å². The summed E-state index contributed by atoms with van der Waals surface area (Å²) in [6.07, 6.45) is 1.17. The summed E-state index contributed by atoms with van der Waals surface area (Å²) in [5.74, 6) is -0.566. The fourth-order valence-corrected chi connectivity index (χ4v) is 3.24. The van der Waals surface area contributed by atoms with Crippen molar-refractivity contribution in [1.29, 1.82) is 0 Å². The van der Waals surface area contributed by atoms with E-state index in [4.69, 9.17) is 9.47 Å². The lowest BCUT2D eigenvalue weighted by Gasteiger charge is -2.30. The van der Waals surface area contributed by atoms with Crippen LogP contribution in [0.1, 0.15) is 53.0 Å². The summed E-state index contributed by atoms with van der Waals surface area (Å²) in [5.41, 5.74) is 2.10. The monoisotopic (exact) mass is 347 g/mol. The zero-order valence-corrected chi connectivity index (χ0v) is 15.9. The van der Waals surface area contributed by atoms with Crippen LogP contribution in [0.3, 0.4) is 0 Å². The summed E-state index contributed by atoms with van der Waals surface area (Å²) in [5, 5.41) is 0. The van der Waals surface area contributed by atoms with Crippen molar-refractivity contribution in [3.8, 4) is 0 Å². The number of ether oxygens (including phenoxy) is 2. The maximum absolute atomic E-state index is 12.4. The third-order valence-electron chi connectivity index (χ3n) is 4.53. The molecule has 1 fully saturated rings. The third kappa shape index (κ3) is 4.33. The van der Waals surface area contributed by atoms with Crippen LogP contribution in [0.25, 0.3) is 0 Å². The van der Waals surface area contributed by atoms with Gasteiger partial charge in [-0.2, -0.15) is 0 Å². The lowest BCUT2D eigenvalue weighted by Crippen LogP contribution is -2.45. The molecule has 0 N–H and O–H groups in total. The van der Waals surface area contributed by atoms with E-state index in [1.807, 2.05) is 17.0 Å². The van der Waals surface area contributed by atoms with Gasteiger partial charge in [0.1, 0.15) is 12.1 Å². The predicted octanol–water partition coefficient (Wildman–Crippen LogP) is 3.45. The second-order valence-corrected chi connectivity index (χ2v) is 7.32. The highest BCUT2D eigenvalue weighted by Crippen LogP contribution is 2.33. The highest BCUT2D eigenvalue weighted by atomic mass is 16.5. The summed E-state index contributed by atoms with van der Waals surface area (Å²) >= 11 is 0. The summed E-state index contributed by atoms with van der Waals surface area (Å²) in [6.45, 7) is 10.7. The van der Waals surface area contributed by atoms with Crippen LogP contribution >= 0.6 is 0 Å². The summed E-state index contributed by atoms with van der Waals surface area (Å²) in [7, 11) is 0. The SMILES string of the molecule is CCOC(=O)C1CCC(C(=O)OCC)N1c1ccc(C(C)(C)C)cc1. The Bertz CT molecular complexity index is 577. The van der Waals surface area contributed by atoms with Crippen LogP contribution in [0.5, 0.6) is 0 Å². The van der Waals surface area contributed by atoms with Crippen LogP contribution in [-0.4, -0.2) is 37.2 Å². The second-order valence-electron chi connectivity index (χ2n) is 7.32.